The first-order valence-corrected chi connectivity index (χ1v) is 11.0. The average molecular weight is 464 g/mol. The molecule has 1 amide bonds. The Labute approximate surface area is 186 Å². The van der Waals surface area contributed by atoms with Gasteiger partial charge in [0.15, 0.2) is 21.3 Å². The van der Waals surface area contributed by atoms with Crippen LogP contribution in [0.25, 0.3) is 10.3 Å². The van der Waals surface area contributed by atoms with Crippen molar-refractivity contribution in [3.05, 3.63) is 52.1 Å². The summed E-state index contributed by atoms with van der Waals surface area (Å²) >= 11 is 1.02. The highest BCUT2D eigenvalue weighted by Crippen LogP contribution is 2.33. The van der Waals surface area contributed by atoms with Gasteiger partial charge in [-0.25, -0.2) is 9.97 Å². The lowest BCUT2D eigenvalue weighted by Crippen LogP contribution is -2.44. The maximum atomic E-state index is 14.2. The van der Waals surface area contributed by atoms with Crippen molar-refractivity contribution in [2.24, 2.45) is 0 Å². The first-order chi connectivity index (χ1) is 15.3. The van der Waals surface area contributed by atoms with E-state index in [0.29, 0.717) is 18.1 Å². The molecular weight excluding hydrogens is 440 g/mol. The summed E-state index contributed by atoms with van der Waals surface area (Å²) in [5, 5.41) is 3.44. The number of nitrogens with zero attached hydrogens (tertiary/aromatic N) is 3. The molecule has 2 aromatic heterocycles. The summed E-state index contributed by atoms with van der Waals surface area (Å²) in [6.45, 7) is 1.58. The van der Waals surface area contributed by atoms with Crippen LogP contribution in [0.5, 0.6) is 0 Å². The van der Waals surface area contributed by atoms with Crippen LogP contribution in [0.2, 0.25) is 0 Å². The zero-order valence-electron chi connectivity index (χ0n) is 17.6. The van der Waals surface area contributed by atoms with Gasteiger partial charge in [-0.1, -0.05) is 41.7 Å². The molecule has 1 saturated heterocycles. The molecular formula is C21H23F2N5O3S. The van der Waals surface area contributed by atoms with Gasteiger partial charge in [0.05, 0.1) is 6.04 Å². The van der Waals surface area contributed by atoms with E-state index in [-0.39, 0.29) is 22.3 Å². The number of alkyl halides is 2. The van der Waals surface area contributed by atoms with E-state index in [0.717, 1.165) is 30.4 Å². The maximum absolute atomic E-state index is 14.2. The third-order valence-corrected chi connectivity index (χ3v) is 6.38. The number of H-pyrrole nitrogens is 1. The van der Waals surface area contributed by atoms with E-state index in [1.165, 1.54) is 0 Å². The monoisotopic (exact) mass is 463 g/mol. The number of hydrogen-bond donors (Lipinski definition) is 2. The highest BCUT2D eigenvalue weighted by atomic mass is 32.1. The van der Waals surface area contributed by atoms with Crippen molar-refractivity contribution in [1.29, 1.82) is 0 Å². The van der Waals surface area contributed by atoms with Crippen LogP contribution >= 0.6 is 11.3 Å². The lowest BCUT2D eigenvalue weighted by molar-refractivity contribution is -0.122. The highest BCUT2D eigenvalue weighted by Gasteiger charge is 2.37. The van der Waals surface area contributed by atoms with Crippen LogP contribution in [0, 0.1) is 0 Å². The Morgan fingerprint density at radius 3 is 2.84 bits per heavy atom. The summed E-state index contributed by atoms with van der Waals surface area (Å²) in [4.78, 5) is 37.6. The van der Waals surface area contributed by atoms with Gasteiger partial charge in [0.1, 0.15) is 12.6 Å². The summed E-state index contributed by atoms with van der Waals surface area (Å²) in [5.74, 6) is -4.35. The zero-order chi connectivity index (χ0) is 22.9. The summed E-state index contributed by atoms with van der Waals surface area (Å²) in [7, 11) is 1.15. The fraction of sp³-hybridized carbons (Fsp3) is 0.429. The fourth-order valence-electron chi connectivity index (χ4n) is 3.77. The molecule has 0 spiro atoms. The number of hydrogen-bond acceptors (Lipinski definition) is 7. The highest BCUT2D eigenvalue weighted by molar-refractivity contribution is 7.21. The van der Waals surface area contributed by atoms with Gasteiger partial charge in [-0.05, 0) is 25.3 Å². The van der Waals surface area contributed by atoms with Gasteiger partial charge >= 0.3 is 5.92 Å². The number of methoxy groups -OCH3 is 1. The van der Waals surface area contributed by atoms with Crippen LogP contribution in [0.1, 0.15) is 37.2 Å². The third kappa shape index (κ3) is 4.35. The SMILES string of the molecule is COCC(F)(F)c1nc2sc(N3CCCC3C(=O)N[C@H](C)c3ccccc3)nc2c(=O)[nH]1. The summed E-state index contributed by atoms with van der Waals surface area (Å²) in [5.41, 5.74) is 0.220. The number of halogens is 2. The van der Waals surface area contributed by atoms with Crippen LogP contribution in [-0.4, -0.2) is 47.2 Å². The molecule has 2 N–H and O–H groups in total. The number of carbonyl (C=O) groups excluding carboxylic acids is 1. The minimum absolute atomic E-state index is 0.0225. The van der Waals surface area contributed by atoms with Crippen molar-refractivity contribution in [3.8, 4) is 0 Å². The van der Waals surface area contributed by atoms with Crippen molar-refractivity contribution in [1.82, 2.24) is 20.3 Å². The summed E-state index contributed by atoms with van der Waals surface area (Å²) in [6, 6.07) is 8.99. The predicted octanol–water partition coefficient (Wildman–Crippen LogP) is 2.96. The number of nitrogens with one attached hydrogen (secondary N) is 2. The Hall–Kier alpha value is -2.92. The molecule has 0 saturated carbocycles. The molecule has 1 aliphatic rings. The second-order valence-corrected chi connectivity index (χ2v) is 8.65. The first kappa shape index (κ1) is 22.3. The van der Waals surface area contributed by atoms with Gasteiger partial charge in [0.25, 0.3) is 5.56 Å². The quantitative estimate of drug-likeness (QED) is 0.559. The Kier molecular flexibility index (Phi) is 6.20. The molecule has 3 aromatic rings. The molecule has 8 nitrogen and oxygen atoms in total. The molecule has 3 heterocycles. The predicted molar refractivity (Wildman–Crippen MR) is 117 cm³/mol. The molecule has 2 atom stereocenters. The number of aromatic nitrogens is 3. The molecule has 1 aliphatic heterocycles. The average Bonchev–Trinajstić information content (AvgIpc) is 3.41. The second kappa shape index (κ2) is 8.91. The second-order valence-electron chi connectivity index (χ2n) is 7.69. The largest absolute Gasteiger partial charge is 0.378 e. The number of fused-ring (bicyclic) bond motifs is 1. The standard InChI is InChI=1S/C21H23F2N5O3S/c1-12(13-7-4-3-5-8-13)24-16(29)14-9-6-10-28(14)20-25-15-17(30)26-19(27-18(15)32-20)21(22,23)11-31-2/h3-5,7-8,12,14H,6,9-11H2,1-2H3,(H,24,29)(H,26,27,30)/t12-,14?/m1/s1. The van der Waals surface area contributed by atoms with Gasteiger partial charge in [-0.3, -0.25) is 9.59 Å². The van der Waals surface area contributed by atoms with E-state index < -0.39 is 30.0 Å². The van der Waals surface area contributed by atoms with Gasteiger partial charge in [-0.15, -0.1) is 0 Å². The van der Waals surface area contributed by atoms with Gasteiger partial charge in [-0.2, -0.15) is 8.78 Å². The van der Waals surface area contributed by atoms with Crippen molar-refractivity contribution in [2.45, 2.75) is 37.8 Å². The molecule has 0 aliphatic carbocycles. The molecule has 0 radical (unpaired) electrons. The van der Waals surface area contributed by atoms with E-state index >= 15 is 0 Å². The van der Waals surface area contributed by atoms with Crippen molar-refractivity contribution in [2.75, 3.05) is 25.2 Å². The Balaban J connectivity index is 1.58. The summed E-state index contributed by atoms with van der Waals surface area (Å²) in [6.07, 6.45) is 1.40. The molecule has 0 bridgehead atoms. The number of aromatic amines is 1. The lowest BCUT2D eigenvalue weighted by Gasteiger charge is -2.25. The van der Waals surface area contributed by atoms with Crippen molar-refractivity contribution >= 4 is 32.7 Å². The minimum Gasteiger partial charge on any atom is -0.378 e. The maximum Gasteiger partial charge on any atom is 0.327 e. The van der Waals surface area contributed by atoms with E-state index in [9.17, 15) is 18.4 Å². The van der Waals surface area contributed by atoms with E-state index in [2.05, 4.69) is 25.0 Å². The van der Waals surface area contributed by atoms with Gasteiger partial charge < -0.3 is 19.9 Å². The molecule has 32 heavy (non-hydrogen) atoms. The van der Waals surface area contributed by atoms with Crippen LogP contribution < -0.4 is 15.8 Å². The molecule has 1 aromatic carbocycles. The van der Waals surface area contributed by atoms with E-state index in [1.807, 2.05) is 42.2 Å². The molecule has 11 heteroatoms. The van der Waals surface area contributed by atoms with Crippen LogP contribution in [0.15, 0.2) is 35.1 Å². The van der Waals surface area contributed by atoms with Gasteiger partial charge in [0.2, 0.25) is 5.91 Å². The first-order valence-electron chi connectivity index (χ1n) is 10.2. The Morgan fingerprint density at radius 2 is 2.12 bits per heavy atom. The van der Waals surface area contributed by atoms with Crippen LogP contribution in [0.4, 0.5) is 13.9 Å². The van der Waals surface area contributed by atoms with Crippen molar-refractivity contribution < 1.29 is 18.3 Å². The number of benzene rings is 1. The van der Waals surface area contributed by atoms with Gasteiger partial charge in [0, 0.05) is 13.7 Å². The third-order valence-electron chi connectivity index (χ3n) is 5.39. The van der Waals surface area contributed by atoms with E-state index in [4.69, 9.17) is 0 Å². The number of amides is 1. The molecule has 1 fully saturated rings. The summed E-state index contributed by atoms with van der Waals surface area (Å²) < 4.78 is 32.9. The fourth-order valence-corrected chi connectivity index (χ4v) is 4.79. The normalized spacial score (nSPS) is 17.6. The molecule has 170 valence electrons. The number of rotatable bonds is 7. The number of carbonyl (C=O) groups is 1. The number of ether oxygens (including phenoxy) is 1. The number of thiazole rings is 1. The van der Waals surface area contributed by atoms with Crippen LogP contribution in [0.3, 0.4) is 0 Å². The number of anilines is 1. The zero-order valence-corrected chi connectivity index (χ0v) is 18.4. The topological polar surface area (TPSA) is 100 Å². The van der Waals surface area contributed by atoms with Crippen molar-refractivity contribution in [3.63, 3.8) is 0 Å². The van der Waals surface area contributed by atoms with Crippen LogP contribution in [-0.2, 0) is 15.5 Å². The molecule has 4 rings (SSSR count). The smallest absolute Gasteiger partial charge is 0.327 e. The molecule has 1 unspecified atom stereocenters. The Bertz CT molecular complexity index is 1170. The lowest BCUT2D eigenvalue weighted by atomic mass is 10.1. The minimum atomic E-state index is -3.43. The van der Waals surface area contributed by atoms with E-state index in [1.54, 1.807) is 0 Å². The Morgan fingerprint density at radius 1 is 1.38 bits per heavy atom.